The second-order valence-corrected chi connectivity index (χ2v) is 7.34. The molecule has 0 N–H and O–H groups in total. The Hall–Kier alpha value is -2.44. The average Bonchev–Trinajstić information content (AvgIpc) is 2.67. The van der Waals surface area contributed by atoms with E-state index in [-0.39, 0.29) is 35.5 Å². The Labute approximate surface area is 158 Å². The largest absolute Gasteiger partial charge is 0.339 e. The maximum absolute atomic E-state index is 13.2. The van der Waals surface area contributed by atoms with Crippen molar-refractivity contribution in [1.82, 2.24) is 14.7 Å². The zero-order valence-electron chi connectivity index (χ0n) is 15.9. The molecule has 2 fully saturated rings. The van der Waals surface area contributed by atoms with E-state index in [9.17, 15) is 18.8 Å². The summed E-state index contributed by atoms with van der Waals surface area (Å²) in [6.07, 6.45) is 1.37. The molecule has 3 rings (SSSR count). The average molecular weight is 375 g/mol. The van der Waals surface area contributed by atoms with Crippen molar-refractivity contribution >= 4 is 17.7 Å². The summed E-state index contributed by atoms with van der Waals surface area (Å²) < 4.78 is 13.2. The van der Waals surface area contributed by atoms with Gasteiger partial charge >= 0.3 is 0 Å². The number of amides is 3. The lowest BCUT2D eigenvalue weighted by Gasteiger charge is -2.42. The molecule has 27 heavy (non-hydrogen) atoms. The lowest BCUT2D eigenvalue weighted by molar-refractivity contribution is -0.145. The highest BCUT2D eigenvalue weighted by atomic mass is 19.1. The van der Waals surface area contributed by atoms with Crippen molar-refractivity contribution in [2.75, 3.05) is 32.7 Å². The Morgan fingerprint density at radius 1 is 0.889 bits per heavy atom. The third kappa shape index (κ3) is 4.28. The molecule has 2 heterocycles. The quantitative estimate of drug-likeness (QED) is 0.792. The van der Waals surface area contributed by atoms with E-state index in [2.05, 4.69) is 0 Å². The Bertz CT molecular complexity index is 714. The SMILES string of the molecule is CC(=O)N1CCN(C(=O)C2CCC(c3ccc(F)cc3)N(C(C)=O)C2)CC1. The molecule has 0 saturated carbocycles. The highest BCUT2D eigenvalue weighted by Crippen LogP contribution is 2.34. The van der Waals surface area contributed by atoms with Crippen molar-refractivity contribution in [2.24, 2.45) is 5.92 Å². The van der Waals surface area contributed by atoms with Crippen LogP contribution in [0.25, 0.3) is 0 Å². The molecular weight excluding hydrogens is 349 g/mol. The Morgan fingerprint density at radius 3 is 2.04 bits per heavy atom. The molecule has 1 aromatic carbocycles. The molecule has 146 valence electrons. The first-order valence-electron chi connectivity index (χ1n) is 9.43. The highest BCUT2D eigenvalue weighted by Gasteiger charge is 2.36. The van der Waals surface area contributed by atoms with Crippen LogP contribution in [-0.4, -0.2) is 65.1 Å². The summed E-state index contributed by atoms with van der Waals surface area (Å²) in [5.74, 6) is -0.522. The van der Waals surface area contributed by atoms with Gasteiger partial charge in [0.05, 0.1) is 12.0 Å². The molecule has 0 aliphatic carbocycles. The second-order valence-electron chi connectivity index (χ2n) is 7.34. The number of carbonyl (C=O) groups excluding carboxylic acids is 3. The summed E-state index contributed by atoms with van der Waals surface area (Å²) in [6.45, 7) is 5.62. The van der Waals surface area contributed by atoms with E-state index in [0.717, 1.165) is 5.56 Å². The first-order valence-corrected chi connectivity index (χ1v) is 9.43. The molecule has 0 spiro atoms. The molecule has 0 aromatic heterocycles. The molecule has 6 nitrogen and oxygen atoms in total. The topological polar surface area (TPSA) is 60.9 Å². The number of hydrogen-bond donors (Lipinski definition) is 0. The van der Waals surface area contributed by atoms with Gasteiger partial charge in [0.15, 0.2) is 0 Å². The van der Waals surface area contributed by atoms with Crippen LogP contribution in [0.5, 0.6) is 0 Å². The number of nitrogens with zero attached hydrogens (tertiary/aromatic N) is 3. The van der Waals surface area contributed by atoms with Gasteiger partial charge in [-0.15, -0.1) is 0 Å². The van der Waals surface area contributed by atoms with Gasteiger partial charge in [0.2, 0.25) is 17.7 Å². The third-order valence-electron chi connectivity index (χ3n) is 5.63. The summed E-state index contributed by atoms with van der Waals surface area (Å²) in [6, 6.07) is 6.10. The van der Waals surface area contributed by atoms with E-state index in [1.807, 2.05) is 0 Å². The predicted octanol–water partition coefficient (Wildman–Crippen LogP) is 1.82. The van der Waals surface area contributed by atoms with E-state index in [0.29, 0.717) is 45.6 Å². The summed E-state index contributed by atoms with van der Waals surface area (Å²) >= 11 is 0. The van der Waals surface area contributed by atoms with E-state index in [1.54, 1.807) is 33.8 Å². The number of rotatable bonds is 2. The van der Waals surface area contributed by atoms with Crippen LogP contribution in [0, 0.1) is 11.7 Å². The molecular formula is C20H26FN3O3. The van der Waals surface area contributed by atoms with Gasteiger partial charge in [0.1, 0.15) is 5.82 Å². The van der Waals surface area contributed by atoms with Crippen molar-refractivity contribution < 1.29 is 18.8 Å². The lowest BCUT2D eigenvalue weighted by Crippen LogP contribution is -2.54. The molecule has 0 radical (unpaired) electrons. The number of benzene rings is 1. The first-order chi connectivity index (χ1) is 12.9. The van der Waals surface area contributed by atoms with Crippen LogP contribution in [0.4, 0.5) is 4.39 Å². The van der Waals surface area contributed by atoms with Gasteiger partial charge in [-0.2, -0.15) is 0 Å². The van der Waals surface area contributed by atoms with Crippen LogP contribution in [0.3, 0.4) is 0 Å². The fourth-order valence-electron chi connectivity index (χ4n) is 4.05. The number of halogens is 1. The smallest absolute Gasteiger partial charge is 0.227 e. The molecule has 2 unspecified atom stereocenters. The Balaban J connectivity index is 1.66. The van der Waals surface area contributed by atoms with Gasteiger partial charge in [-0.05, 0) is 30.5 Å². The maximum Gasteiger partial charge on any atom is 0.227 e. The van der Waals surface area contributed by atoms with Crippen LogP contribution < -0.4 is 0 Å². The Kier molecular flexibility index (Phi) is 5.77. The van der Waals surface area contributed by atoms with Crippen LogP contribution >= 0.6 is 0 Å². The van der Waals surface area contributed by atoms with Crippen molar-refractivity contribution in [3.8, 4) is 0 Å². The van der Waals surface area contributed by atoms with E-state index in [4.69, 9.17) is 0 Å². The summed E-state index contributed by atoms with van der Waals surface area (Å²) in [5.41, 5.74) is 0.896. The molecule has 2 atom stereocenters. The minimum Gasteiger partial charge on any atom is -0.339 e. The van der Waals surface area contributed by atoms with E-state index < -0.39 is 0 Å². The zero-order chi connectivity index (χ0) is 19.6. The predicted molar refractivity (Wildman–Crippen MR) is 98.1 cm³/mol. The number of hydrogen-bond acceptors (Lipinski definition) is 3. The van der Waals surface area contributed by atoms with Crippen LogP contribution in [0.15, 0.2) is 24.3 Å². The van der Waals surface area contributed by atoms with E-state index in [1.165, 1.54) is 19.1 Å². The van der Waals surface area contributed by atoms with Gasteiger partial charge in [-0.1, -0.05) is 12.1 Å². The number of carbonyl (C=O) groups is 3. The van der Waals surface area contributed by atoms with Crippen molar-refractivity contribution in [1.29, 1.82) is 0 Å². The monoisotopic (exact) mass is 375 g/mol. The van der Waals surface area contributed by atoms with Gasteiger partial charge < -0.3 is 14.7 Å². The molecule has 3 amide bonds. The number of piperidine rings is 1. The molecule has 0 bridgehead atoms. The third-order valence-corrected chi connectivity index (χ3v) is 5.63. The zero-order valence-corrected chi connectivity index (χ0v) is 15.9. The summed E-state index contributed by atoms with van der Waals surface area (Å²) in [7, 11) is 0. The second kappa shape index (κ2) is 8.06. The number of piperazine rings is 1. The van der Waals surface area contributed by atoms with Crippen molar-refractivity contribution in [2.45, 2.75) is 32.7 Å². The Morgan fingerprint density at radius 2 is 1.48 bits per heavy atom. The normalized spacial score (nSPS) is 23.3. The minimum atomic E-state index is -0.304. The fraction of sp³-hybridized carbons (Fsp3) is 0.550. The summed E-state index contributed by atoms with van der Waals surface area (Å²) in [5, 5.41) is 0. The molecule has 7 heteroatoms. The highest BCUT2D eigenvalue weighted by molar-refractivity contribution is 5.81. The van der Waals surface area contributed by atoms with Crippen LogP contribution in [0.2, 0.25) is 0 Å². The molecule has 2 aliphatic heterocycles. The maximum atomic E-state index is 13.2. The van der Waals surface area contributed by atoms with Crippen molar-refractivity contribution in [3.05, 3.63) is 35.6 Å². The van der Waals surface area contributed by atoms with Crippen LogP contribution in [0.1, 0.15) is 38.3 Å². The lowest BCUT2D eigenvalue weighted by atomic mass is 9.88. The van der Waals surface area contributed by atoms with Crippen molar-refractivity contribution in [3.63, 3.8) is 0 Å². The van der Waals surface area contributed by atoms with Gasteiger partial charge in [-0.3, -0.25) is 14.4 Å². The van der Waals surface area contributed by atoms with E-state index >= 15 is 0 Å². The van der Waals surface area contributed by atoms with Crippen LogP contribution in [-0.2, 0) is 14.4 Å². The van der Waals surface area contributed by atoms with Gasteiger partial charge in [-0.25, -0.2) is 4.39 Å². The fourth-order valence-corrected chi connectivity index (χ4v) is 4.05. The summed E-state index contributed by atoms with van der Waals surface area (Å²) in [4.78, 5) is 41.8. The number of likely N-dealkylation sites (tertiary alicyclic amines) is 1. The molecule has 2 aliphatic rings. The van der Waals surface area contributed by atoms with Gasteiger partial charge in [0, 0.05) is 46.6 Å². The standard InChI is InChI=1S/C20H26FN3O3/c1-14(25)22-9-11-23(12-10-22)20(27)17-5-8-19(24(13-17)15(2)26)16-3-6-18(21)7-4-16/h3-4,6-7,17,19H,5,8-13H2,1-2H3. The van der Waals surface area contributed by atoms with Gasteiger partial charge in [0.25, 0.3) is 0 Å². The minimum absolute atomic E-state index is 0.0321. The first kappa shape index (κ1) is 19.3. The molecule has 1 aromatic rings. The molecule has 2 saturated heterocycles.